The maximum Gasteiger partial charge on any atom is 0.129 e. The first-order valence-corrected chi connectivity index (χ1v) is 6.81. The highest BCUT2D eigenvalue weighted by Gasteiger charge is 2.29. The van der Waals surface area contributed by atoms with Crippen molar-refractivity contribution >= 4 is 5.82 Å². The topological polar surface area (TPSA) is 88.8 Å². The number of hydrogen-bond donors (Lipinski definition) is 2. The van der Waals surface area contributed by atoms with Gasteiger partial charge in [-0.05, 0) is 19.8 Å². The predicted octanol–water partition coefficient (Wildman–Crippen LogP) is 0.727. The Bertz CT molecular complexity index is 578. The Kier molecular flexibility index (Phi) is 3.60. The van der Waals surface area contributed by atoms with Gasteiger partial charge in [-0.2, -0.15) is 0 Å². The molecule has 0 amide bonds. The summed E-state index contributed by atoms with van der Waals surface area (Å²) in [6.45, 7) is 3.38. The normalized spacial score (nSPS) is 21.5. The Labute approximate surface area is 117 Å². The predicted molar refractivity (Wildman–Crippen MR) is 73.3 cm³/mol. The molecule has 0 aromatic carbocycles. The van der Waals surface area contributed by atoms with E-state index in [1.54, 1.807) is 11.0 Å². The number of aromatic nitrogens is 5. The van der Waals surface area contributed by atoms with Crippen LogP contribution in [0.5, 0.6) is 0 Å². The Morgan fingerprint density at radius 3 is 2.95 bits per heavy atom. The third-order valence-electron chi connectivity index (χ3n) is 3.52. The fourth-order valence-electron chi connectivity index (χ4n) is 2.32. The third kappa shape index (κ3) is 2.93. The monoisotopic (exact) mass is 274 g/mol. The second-order valence-corrected chi connectivity index (χ2v) is 5.20. The molecule has 2 N–H and O–H groups in total. The molecule has 106 valence electrons. The molecule has 3 rings (SSSR count). The Balaban J connectivity index is 1.53. The van der Waals surface area contributed by atoms with Gasteiger partial charge in [0.25, 0.3) is 0 Å². The summed E-state index contributed by atoms with van der Waals surface area (Å²) in [5, 5.41) is 20.5. The van der Waals surface area contributed by atoms with E-state index in [-0.39, 0.29) is 6.10 Å². The molecule has 1 aliphatic rings. The van der Waals surface area contributed by atoms with Crippen LogP contribution in [0.3, 0.4) is 0 Å². The Hall–Kier alpha value is -2.02. The first kappa shape index (κ1) is 13.0. The average molecular weight is 274 g/mol. The van der Waals surface area contributed by atoms with Gasteiger partial charge in [-0.1, -0.05) is 5.21 Å². The molecule has 1 fully saturated rings. The molecule has 0 radical (unpaired) electrons. The third-order valence-corrected chi connectivity index (χ3v) is 3.52. The van der Waals surface area contributed by atoms with Gasteiger partial charge in [-0.15, -0.1) is 5.10 Å². The molecule has 0 saturated heterocycles. The number of aliphatic hydroxyl groups is 1. The summed E-state index contributed by atoms with van der Waals surface area (Å²) in [4.78, 5) is 8.48. The highest BCUT2D eigenvalue weighted by Crippen LogP contribution is 2.35. The van der Waals surface area contributed by atoms with Crippen LogP contribution in [0.2, 0.25) is 0 Å². The molecule has 1 saturated carbocycles. The fraction of sp³-hybridized carbons (Fsp3) is 0.538. The van der Waals surface area contributed by atoms with Crippen molar-refractivity contribution in [2.45, 2.75) is 38.3 Å². The molecular formula is C13H18N6O. The second-order valence-electron chi connectivity index (χ2n) is 5.20. The highest BCUT2D eigenvalue weighted by atomic mass is 16.3. The van der Waals surface area contributed by atoms with Gasteiger partial charge in [0.2, 0.25) is 0 Å². The molecule has 20 heavy (non-hydrogen) atoms. The fourth-order valence-corrected chi connectivity index (χ4v) is 2.32. The zero-order valence-electron chi connectivity index (χ0n) is 11.4. The summed E-state index contributed by atoms with van der Waals surface area (Å²) in [5.74, 6) is 1.18. The molecule has 2 aromatic rings. The van der Waals surface area contributed by atoms with E-state index >= 15 is 0 Å². The minimum absolute atomic E-state index is 0.165. The van der Waals surface area contributed by atoms with E-state index in [4.69, 9.17) is 0 Å². The summed E-state index contributed by atoms with van der Waals surface area (Å²) in [6.07, 6.45) is 4.91. The van der Waals surface area contributed by atoms with Crippen molar-refractivity contribution in [3.63, 3.8) is 0 Å². The number of aliphatic hydroxyl groups excluding tert-OH is 1. The van der Waals surface area contributed by atoms with Gasteiger partial charge in [0.05, 0.1) is 18.3 Å². The number of rotatable bonds is 5. The summed E-state index contributed by atoms with van der Waals surface area (Å²) < 4.78 is 1.80. The molecule has 0 bridgehead atoms. The van der Waals surface area contributed by atoms with E-state index in [9.17, 15) is 5.11 Å². The van der Waals surface area contributed by atoms with Gasteiger partial charge >= 0.3 is 0 Å². The number of nitrogens with one attached hydrogen (secondary N) is 1. The van der Waals surface area contributed by atoms with Crippen molar-refractivity contribution < 1.29 is 5.11 Å². The van der Waals surface area contributed by atoms with Crippen LogP contribution in [0.1, 0.15) is 30.1 Å². The molecule has 0 spiro atoms. The molecule has 7 heteroatoms. The zero-order valence-corrected chi connectivity index (χ0v) is 11.4. The Morgan fingerprint density at radius 1 is 1.40 bits per heavy atom. The largest absolute Gasteiger partial charge is 0.393 e. The smallest absolute Gasteiger partial charge is 0.129 e. The van der Waals surface area contributed by atoms with Crippen LogP contribution in [0.25, 0.3) is 0 Å². The van der Waals surface area contributed by atoms with E-state index in [1.165, 1.54) is 0 Å². The van der Waals surface area contributed by atoms with E-state index in [2.05, 4.69) is 25.6 Å². The summed E-state index contributed by atoms with van der Waals surface area (Å²) in [6, 6.07) is 1.96. The van der Waals surface area contributed by atoms with Crippen molar-refractivity contribution in [3.05, 3.63) is 30.0 Å². The number of anilines is 1. The maximum atomic E-state index is 9.34. The highest BCUT2D eigenvalue weighted by molar-refractivity contribution is 5.36. The van der Waals surface area contributed by atoms with Crippen LogP contribution >= 0.6 is 0 Å². The molecule has 1 aliphatic carbocycles. The standard InChI is InChI=1S/C13H18N6O/c1-9-7-19(18-17-9)3-2-14-13-6-12(15-8-16-13)10-4-11(20)5-10/h6-8,10-11,20H,2-5H2,1H3,(H,14,15,16). The van der Waals surface area contributed by atoms with Gasteiger partial charge in [-0.3, -0.25) is 4.68 Å². The Morgan fingerprint density at radius 2 is 2.25 bits per heavy atom. The minimum atomic E-state index is -0.165. The number of aryl methyl sites for hydroxylation is 1. The van der Waals surface area contributed by atoms with Crippen molar-refractivity contribution in [2.75, 3.05) is 11.9 Å². The lowest BCUT2D eigenvalue weighted by Crippen LogP contribution is -2.27. The minimum Gasteiger partial charge on any atom is -0.393 e. The van der Waals surface area contributed by atoms with Crippen LogP contribution in [0.4, 0.5) is 5.82 Å². The summed E-state index contributed by atoms with van der Waals surface area (Å²) >= 11 is 0. The molecule has 2 aromatic heterocycles. The summed E-state index contributed by atoms with van der Waals surface area (Å²) in [5.41, 5.74) is 1.92. The van der Waals surface area contributed by atoms with Crippen molar-refractivity contribution in [1.82, 2.24) is 25.0 Å². The SMILES string of the molecule is Cc1cn(CCNc2cc(C3CC(O)C3)ncn2)nn1. The van der Waals surface area contributed by atoms with Crippen LogP contribution in [0, 0.1) is 6.92 Å². The van der Waals surface area contributed by atoms with E-state index in [1.807, 2.05) is 19.2 Å². The lowest BCUT2D eigenvalue weighted by Gasteiger charge is -2.30. The lowest BCUT2D eigenvalue weighted by molar-refractivity contribution is 0.0732. The van der Waals surface area contributed by atoms with Crippen molar-refractivity contribution in [3.8, 4) is 0 Å². The lowest BCUT2D eigenvalue weighted by atomic mass is 9.80. The van der Waals surface area contributed by atoms with Crippen LogP contribution in [-0.4, -0.2) is 42.7 Å². The molecule has 0 unspecified atom stereocenters. The second kappa shape index (κ2) is 5.54. The molecule has 0 atom stereocenters. The van der Waals surface area contributed by atoms with Crippen molar-refractivity contribution in [1.29, 1.82) is 0 Å². The van der Waals surface area contributed by atoms with Crippen LogP contribution in [0.15, 0.2) is 18.6 Å². The molecule has 7 nitrogen and oxygen atoms in total. The van der Waals surface area contributed by atoms with E-state index in [0.717, 1.165) is 43.1 Å². The number of hydrogen-bond acceptors (Lipinski definition) is 6. The molecular weight excluding hydrogens is 256 g/mol. The van der Waals surface area contributed by atoms with Gasteiger partial charge in [0.1, 0.15) is 12.1 Å². The van der Waals surface area contributed by atoms with Gasteiger partial charge in [-0.25, -0.2) is 9.97 Å². The van der Waals surface area contributed by atoms with Gasteiger partial charge in [0, 0.05) is 30.4 Å². The van der Waals surface area contributed by atoms with Gasteiger partial charge in [0.15, 0.2) is 0 Å². The first-order chi connectivity index (χ1) is 9.70. The quantitative estimate of drug-likeness (QED) is 0.835. The molecule has 0 aliphatic heterocycles. The van der Waals surface area contributed by atoms with E-state index in [0.29, 0.717) is 5.92 Å². The zero-order chi connectivity index (χ0) is 13.9. The summed E-state index contributed by atoms with van der Waals surface area (Å²) in [7, 11) is 0. The van der Waals surface area contributed by atoms with E-state index < -0.39 is 0 Å². The van der Waals surface area contributed by atoms with Crippen LogP contribution in [-0.2, 0) is 6.54 Å². The number of nitrogens with zero attached hydrogens (tertiary/aromatic N) is 5. The molecule has 2 heterocycles. The maximum absolute atomic E-state index is 9.34. The average Bonchev–Trinajstić information content (AvgIpc) is 2.81. The first-order valence-electron chi connectivity index (χ1n) is 6.81. The van der Waals surface area contributed by atoms with Gasteiger partial charge < -0.3 is 10.4 Å². The van der Waals surface area contributed by atoms with Crippen molar-refractivity contribution in [2.24, 2.45) is 0 Å². The van der Waals surface area contributed by atoms with Crippen LogP contribution < -0.4 is 5.32 Å².